The van der Waals surface area contributed by atoms with Crippen LogP contribution in [0.15, 0.2) is 6.33 Å². The molecule has 0 aliphatic carbocycles. The lowest BCUT2D eigenvalue weighted by molar-refractivity contribution is -0.144. The van der Waals surface area contributed by atoms with Crippen LogP contribution in [0, 0.1) is 4.77 Å². The molecule has 0 aliphatic heterocycles. The summed E-state index contributed by atoms with van der Waals surface area (Å²) in [5.41, 5.74) is 0. The lowest BCUT2D eigenvalue weighted by Gasteiger charge is -2.03. The van der Waals surface area contributed by atoms with E-state index in [0.29, 0.717) is 31.1 Å². The molecule has 0 bridgehead atoms. The zero-order chi connectivity index (χ0) is 15.0. The van der Waals surface area contributed by atoms with E-state index in [2.05, 4.69) is 5.10 Å². The molecule has 1 aromatic rings. The summed E-state index contributed by atoms with van der Waals surface area (Å²) in [5.74, 6) is -0.552. The van der Waals surface area contributed by atoms with Crippen molar-refractivity contribution in [1.29, 1.82) is 0 Å². The molecule has 0 amide bonds. The molecule has 1 heterocycles. The maximum atomic E-state index is 11.3. The third-order valence-corrected chi connectivity index (χ3v) is 2.94. The van der Waals surface area contributed by atoms with Gasteiger partial charge in [-0.25, -0.2) is 4.68 Å². The van der Waals surface area contributed by atoms with Crippen LogP contribution in [0.3, 0.4) is 0 Å². The molecule has 0 aliphatic rings. The maximum Gasteiger partial charge on any atom is 0.307 e. The van der Waals surface area contributed by atoms with Crippen LogP contribution >= 0.6 is 12.2 Å². The summed E-state index contributed by atoms with van der Waals surface area (Å²) in [7, 11) is 0. The van der Waals surface area contributed by atoms with Crippen molar-refractivity contribution in [3.8, 4) is 0 Å². The Balaban J connectivity index is 2.50. The molecule has 0 N–H and O–H groups in total. The van der Waals surface area contributed by atoms with E-state index in [0.717, 1.165) is 0 Å². The second-order valence-electron chi connectivity index (χ2n) is 3.94. The van der Waals surface area contributed by atoms with Gasteiger partial charge in [-0.1, -0.05) is 0 Å². The van der Waals surface area contributed by atoms with Gasteiger partial charge in [-0.3, -0.25) is 9.59 Å². The molecule has 20 heavy (non-hydrogen) atoms. The molecule has 0 saturated carbocycles. The normalized spacial score (nSPS) is 10.3. The molecule has 7 nitrogen and oxygen atoms in total. The predicted octanol–water partition coefficient (Wildman–Crippen LogP) is 1.32. The summed E-state index contributed by atoms with van der Waals surface area (Å²) in [6.45, 7) is 5.02. The Morgan fingerprint density at radius 3 is 2.25 bits per heavy atom. The topological polar surface area (TPSA) is 75.4 Å². The van der Waals surface area contributed by atoms with Crippen molar-refractivity contribution in [3.05, 3.63) is 11.1 Å². The predicted molar refractivity (Wildman–Crippen MR) is 73.6 cm³/mol. The van der Waals surface area contributed by atoms with E-state index in [-0.39, 0.29) is 24.8 Å². The molecule has 8 heteroatoms. The number of esters is 2. The van der Waals surface area contributed by atoms with Crippen LogP contribution in [0.5, 0.6) is 0 Å². The summed E-state index contributed by atoms with van der Waals surface area (Å²) >= 11 is 5.22. The van der Waals surface area contributed by atoms with E-state index in [1.807, 2.05) is 0 Å². The quantitative estimate of drug-likeness (QED) is 0.532. The molecule has 112 valence electrons. The van der Waals surface area contributed by atoms with Crippen LogP contribution in [0.4, 0.5) is 0 Å². The molecule has 0 fully saturated rings. The van der Waals surface area contributed by atoms with Crippen LogP contribution in [-0.2, 0) is 32.2 Å². The number of hydrogen-bond acceptors (Lipinski definition) is 6. The number of aromatic nitrogens is 3. The fourth-order valence-electron chi connectivity index (χ4n) is 1.55. The Hall–Kier alpha value is -1.70. The van der Waals surface area contributed by atoms with Crippen LogP contribution in [0.1, 0.15) is 26.7 Å². The van der Waals surface area contributed by atoms with Gasteiger partial charge in [0.05, 0.1) is 32.6 Å². The molecule has 0 spiro atoms. The lowest BCUT2D eigenvalue weighted by atomic mass is 10.4. The molecule has 1 aromatic heterocycles. The van der Waals surface area contributed by atoms with Gasteiger partial charge in [0.1, 0.15) is 6.33 Å². The average Bonchev–Trinajstić information content (AvgIpc) is 2.76. The SMILES string of the molecule is CCOC(=O)CCn1cnn(CCC(=O)OCC)c1=S. The first-order valence-corrected chi connectivity index (χ1v) is 6.92. The Bertz CT molecular complexity index is 467. The van der Waals surface area contributed by atoms with E-state index in [9.17, 15) is 9.59 Å². The van der Waals surface area contributed by atoms with Gasteiger partial charge in [0, 0.05) is 6.54 Å². The number of rotatable bonds is 8. The third-order valence-electron chi connectivity index (χ3n) is 2.49. The first-order chi connectivity index (χ1) is 9.58. The van der Waals surface area contributed by atoms with Crippen LogP contribution in [-0.4, -0.2) is 39.5 Å². The highest BCUT2D eigenvalue weighted by atomic mass is 32.1. The molecule has 0 atom stereocenters. The largest absolute Gasteiger partial charge is 0.466 e. The first-order valence-electron chi connectivity index (χ1n) is 6.52. The molecule has 0 radical (unpaired) electrons. The van der Waals surface area contributed by atoms with Crippen molar-refractivity contribution < 1.29 is 19.1 Å². The summed E-state index contributed by atoms with van der Waals surface area (Å²) in [6.07, 6.45) is 2.01. The highest BCUT2D eigenvalue weighted by molar-refractivity contribution is 7.71. The van der Waals surface area contributed by atoms with Crippen molar-refractivity contribution in [2.75, 3.05) is 13.2 Å². The standard InChI is InChI=1S/C12H19N3O4S/c1-3-18-10(16)5-7-14-9-13-15(12(14)20)8-6-11(17)19-4-2/h9H,3-8H2,1-2H3. The first kappa shape index (κ1) is 16.4. The van der Waals surface area contributed by atoms with E-state index in [4.69, 9.17) is 21.7 Å². The minimum atomic E-state index is -0.282. The summed E-state index contributed by atoms with van der Waals surface area (Å²) in [4.78, 5) is 22.5. The Kier molecular flexibility index (Phi) is 6.92. The molecule has 1 rings (SSSR count). The van der Waals surface area contributed by atoms with Crippen LogP contribution < -0.4 is 0 Å². The minimum absolute atomic E-state index is 0.219. The van der Waals surface area contributed by atoms with E-state index in [1.165, 1.54) is 4.68 Å². The average molecular weight is 301 g/mol. The summed E-state index contributed by atoms with van der Waals surface area (Å²) < 4.78 is 13.4. The molecule has 0 unspecified atom stereocenters. The Labute approximate surface area is 122 Å². The van der Waals surface area contributed by atoms with Gasteiger partial charge in [-0.05, 0) is 26.1 Å². The van der Waals surface area contributed by atoms with E-state index in [1.54, 1.807) is 24.7 Å². The highest BCUT2D eigenvalue weighted by Crippen LogP contribution is 2.00. The van der Waals surface area contributed by atoms with Crippen molar-refractivity contribution in [3.63, 3.8) is 0 Å². The van der Waals surface area contributed by atoms with Gasteiger partial charge in [0.2, 0.25) is 0 Å². The monoisotopic (exact) mass is 301 g/mol. The number of ether oxygens (including phenoxy) is 2. The van der Waals surface area contributed by atoms with Crippen molar-refractivity contribution in [2.45, 2.75) is 39.8 Å². The number of aryl methyl sites for hydroxylation is 2. The molecule has 0 aromatic carbocycles. The fourth-order valence-corrected chi connectivity index (χ4v) is 1.83. The Morgan fingerprint density at radius 2 is 1.70 bits per heavy atom. The number of hydrogen-bond donors (Lipinski definition) is 0. The van der Waals surface area contributed by atoms with Gasteiger partial charge in [0.25, 0.3) is 0 Å². The van der Waals surface area contributed by atoms with Gasteiger partial charge < -0.3 is 14.0 Å². The van der Waals surface area contributed by atoms with Crippen molar-refractivity contribution in [2.24, 2.45) is 0 Å². The Morgan fingerprint density at radius 1 is 1.15 bits per heavy atom. The summed E-state index contributed by atoms with van der Waals surface area (Å²) in [5, 5.41) is 4.09. The zero-order valence-electron chi connectivity index (χ0n) is 11.7. The smallest absolute Gasteiger partial charge is 0.307 e. The maximum absolute atomic E-state index is 11.3. The van der Waals surface area contributed by atoms with Crippen molar-refractivity contribution >= 4 is 24.2 Å². The van der Waals surface area contributed by atoms with Gasteiger partial charge in [-0.2, -0.15) is 5.10 Å². The van der Waals surface area contributed by atoms with Gasteiger partial charge in [0.15, 0.2) is 4.77 Å². The third kappa shape index (κ3) is 5.12. The number of carbonyl (C=O) groups excluding carboxylic acids is 2. The zero-order valence-corrected chi connectivity index (χ0v) is 12.5. The fraction of sp³-hybridized carbons (Fsp3) is 0.667. The molecule has 0 saturated heterocycles. The molecular formula is C12H19N3O4S. The lowest BCUT2D eigenvalue weighted by Crippen LogP contribution is -2.11. The van der Waals surface area contributed by atoms with Crippen LogP contribution in [0.25, 0.3) is 0 Å². The number of carbonyl (C=O) groups is 2. The number of nitrogens with zero attached hydrogens (tertiary/aromatic N) is 3. The minimum Gasteiger partial charge on any atom is -0.466 e. The summed E-state index contributed by atoms with van der Waals surface area (Å²) in [6, 6.07) is 0. The van der Waals surface area contributed by atoms with E-state index < -0.39 is 0 Å². The van der Waals surface area contributed by atoms with Crippen LogP contribution in [0.2, 0.25) is 0 Å². The van der Waals surface area contributed by atoms with Gasteiger partial charge in [-0.15, -0.1) is 0 Å². The van der Waals surface area contributed by atoms with Gasteiger partial charge >= 0.3 is 11.9 Å². The van der Waals surface area contributed by atoms with Crippen molar-refractivity contribution in [1.82, 2.24) is 14.3 Å². The second-order valence-corrected chi connectivity index (χ2v) is 4.31. The molecular weight excluding hydrogens is 282 g/mol. The second kappa shape index (κ2) is 8.47. The highest BCUT2D eigenvalue weighted by Gasteiger charge is 2.08. The van der Waals surface area contributed by atoms with E-state index >= 15 is 0 Å².